The topological polar surface area (TPSA) is 90.7 Å². The fourth-order valence-corrected chi connectivity index (χ4v) is 3.67. The monoisotopic (exact) mass is 480 g/mol. The Morgan fingerprint density at radius 1 is 0.667 bits per heavy atom. The molecule has 2 amide bonds. The SMILES string of the molecule is NC(=O)[C@H](Cc1ccc(OCc2ccccc2)c(OCc2ccccc2)c1)NC(=O)c1ccccc1. The number of nitrogens with two attached hydrogens (primary N) is 1. The molecule has 0 bridgehead atoms. The van der Waals surface area contributed by atoms with E-state index in [0.29, 0.717) is 30.3 Å². The summed E-state index contributed by atoms with van der Waals surface area (Å²) in [5.41, 5.74) is 8.91. The molecule has 0 fully saturated rings. The van der Waals surface area contributed by atoms with Crippen LogP contribution in [-0.4, -0.2) is 17.9 Å². The van der Waals surface area contributed by atoms with Crippen molar-refractivity contribution < 1.29 is 19.1 Å². The molecule has 0 aromatic heterocycles. The van der Waals surface area contributed by atoms with Crippen LogP contribution in [0.1, 0.15) is 27.0 Å². The van der Waals surface area contributed by atoms with E-state index in [1.807, 2.05) is 84.9 Å². The minimum Gasteiger partial charge on any atom is -0.485 e. The average Bonchev–Trinajstić information content (AvgIpc) is 2.92. The van der Waals surface area contributed by atoms with Gasteiger partial charge in [-0.3, -0.25) is 9.59 Å². The zero-order chi connectivity index (χ0) is 25.2. The Morgan fingerprint density at radius 2 is 1.19 bits per heavy atom. The molecule has 1 atom stereocenters. The van der Waals surface area contributed by atoms with Gasteiger partial charge in [-0.1, -0.05) is 84.9 Å². The van der Waals surface area contributed by atoms with Gasteiger partial charge in [-0.2, -0.15) is 0 Å². The number of amides is 2. The second-order valence-corrected chi connectivity index (χ2v) is 8.33. The van der Waals surface area contributed by atoms with Gasteiger partial charge in [0, 0.05) is 12.0 Å². The second-order valence-electron chi connectivity index (χ2n) is 8.33. The highest BCUT2D eigenvalue weighted by atomic mass is 16.5. The lowest BCUT2D eigenvalue weighted by atomic mass is 10.0. The van der Waals surface area contributed by atoms with Crippen LogP contribution in [0.2, 0.25) is 0 Å². The van der Waals surface area contributed by atoms with Crippen LogP contribution in [0.25, 0.3) is 0 Å². The van der Waals surface area contributed by atoms with E-state index in [-0.39, 0.29) is 12.3 Å². The molecule has 6 nitrogen and oxygen atoms in total. The number of ether oxygens (including phenoxy) is 2. The Morgan fingerprint density at radius 3 is 1.75 bits per heavy atom. The first-order valence-corrected chi connectivity index (χ1v) is 11.7. The molecule has 0 radical (unpaired) electrons. The molecule has 3 N–H and O–H groups in total. The van der Waals surface area contributed by atoms with E-state index in [4.69, 9.17) is 15.2 Å². The highest BCUT2D eigenvalue weighted by Gasteiger charge is 2.20. The van der Waals surface area contributed by atoms with Gasteiger partial charge >= 0.3 is 0 Å². The van der Waals surface area contributed by atoms with Gasteiger partial charge in [0.25, 0.3) is 5.91 Å². The lowest BCUT2D eigenvalue weighted by Gasteiger charge is -2.18. The number of primary amides is 1. The van der Waals surface area contributed by atoms with Crippen molar-refractivity contribution >= 4 is 11.8 Å². The summed E-state index contributed by atoms with van der Waals surface area (Å²) >= 11 is 0. The average molecular weight is 481 g/mol. The summed E-state index contributed by atoms with van der Waals surface area (Å²) < 4.78 is 12.2. The number of carbonyl (C=O) groups excluding carboxylic acids is 2. The molecule has 0 aliphatic heterocycles. The van der Waals surface area contributed by atoms with Crippen molar-refractivity contribution in [2.75, 3.05) is 0 Å². The molecule has 182 valence electrons. The van der Waals surface area contributed by atoms with E-state index in [0.717, 1.165) is 16.7 Å². The third kappa shape index (κ3) is 6.96. The summed E-state index contributed by atoms with van der Waals surface area (Å²) in [6.45, 7) is 0.745. The summed E-state index contributed by atoms with van der Waals surface area (Å²) in [7, 11) is 0. The number of nitrogens with one attached hydrogen (secondary N) is 1. The summed E-state index contributed by atoms with van der Waals surface area (Å²) in [5.74, 6) is 0.158. The van der Waals surface area contributed by atoms with Crippen molar-refractivity contribution in [3.05, 3.63) is 131 Å². The van der Waals surface area contributed by atoms with E-state index in [2.05, 4.69) is 5.32 Å². The maximum Gasteiger partial charge on any atom is 0.251 e. The zero-order valence-corrected chi connectivity index (χ0v) is 19.8. The predicted octanol–water partition coefficient (Wildman–Crippen LogP) is 4.67. The molecule has 6 heteroatoms. The summed E-state index contributed by atoms with van der Waals surface area (Å²) in [4.78, 5) is 24.7. The van der Waals surface area contributed by atoms with Crippen molar-refractivity contribution in [2.45, 2.75) is 25.7 Å². The molecule has 0 spiro atoms. The minimum absolute atomic E-state index is 0.217. The van der Waals surface area contributed by atoms with Crippen LogP contribution in [0.3, 0.4) is 0 Å². The normalized spacial score (nSPS) is 11.3. The molecular weight excluding hydrogens is 452 g/mol. The van der Waals surface area contributed by atoms with E-state index < -0.39 is 11.9 Å². The molecule has 0 aliphatic rings. The van der Waals surface area contributed by atoms with Gasteiger partial charge in [0.05, 0.1) is 0 Å². The molecule has 4 aromatic carbocycles. The van der Waals surface area contributed by atoms with Gasteiger partial charge in [0.15, 0.2) is 11.5 Å². The molecule has 0 heterocycles. The fraction of sp³-hybridized carbons (Fsp3) is 0.133. The van der Waals surface area contributed by atoms with Gasteiger partial charge in [-0.15, -0.1) is 0 Å². The highest BCUT2D eigenvalue weighted by molar-refractivity contribution is 5.97. The molecule has 0 saturated carbocycles. The van der Waals surface area contributed by atoms with E-state index in [9.17, 15) is 9.59 Å². The fourth-order valence-electron chi connectivity index (χ4n) is 3.67. The maximum atomic E-state index is 12.6. The number of hydrogen-bond acceptors (Lipinski definition) is 4. The third-order valence-corrected chi connectivity index (χ3v) is 5.61. The zero-order valence-electron chi connectivity index (χ0n) is 19.8. The predicted molar refractivity (Wildman–Crippen MR) is 139 cm³/mol. The Bertz CT molecular complexity index is 1280. The van der Waals surface area contributed by atoms with E-state index >= 15 is 0 Å². The summed E-state index contributed by atoms with van der Waals surface area (Å²) in [6.07, 6.45) is 0.217. The van der Waals surface area contributed by atoms with Crippen molar-refractivity contribution in [2.24, 2.45) is 5.73 Å². The Balaban J connectivity index is 1.51. The van der Waals surface area contributed by atoms with Crippen molar-refractivity contribution in [3.63, 3.8) is 0 Å². The van der Waals surface area contributed by atoms with Gasteiger partial charge in [0.1, 0.15) is 19.3 Å². The van der Waals surface area contributed by atoms with Crippen LogP contribution < -0.4 is 20.5 Å². The Labute approximate surface area is 210 Å². The summed E-state index contributed by atoms with van der Waals surface area (Å²) in [5, 5.41) is 2.73. The maximum absolute atomic E-state index is 12.6. The molecule has 36 heavy (non-hydrogen) atoms. The van der Waals surface area contributed by atoms with Gasteiger partial charge in [-0.05, 0) is 41.0 Å². The molecular formula is C30H28N2O4. The number of rotatable bonds is 11. The molecule has 4 aromatic rings. The highest BCUT2D eigenvalue weighted by Crippen LogP contribution is 2.30. The van der Waals surface area contributed by atoms with E-state index in [1.54, 1.807) is 24.3 Å². The van der Waals surface area contributed by atoms with Gasteiger partial charge < -0.3 is 20.5 Å². The standard InChI is InChI=1S/C30H28N2O4/c31-29(33)26(32-30(34)25-14-8-3-9-15-25)18-24-16-17-27(35-20-22-10-4-1-5-11-22)28(19-24)36-21-23-12-6-2-7-13-23/h1-17,19,26H,18,20-21H2,(H2,31,33)(H,32,34)/t26-/m0/s1. The third-order valence-electron chi connectivity index (χ3n) is 5.61. The number of carbonyl (C=O) groups is 2. The molecule has 4 rings (SSSR count). The van der Waals surface area contributed by atoms with Crippen molar-refractivity contribution in [3.8, 4) is 11.5 Å². The lowest BCUT2D eigenvalue weighted by Crippen LogP contribution is -2.45. The first-order valence-electron chi connectivity index (χ1n) is 11.7. The smallest absolute Gasteiger partial charge is 0.251 e. The van der Waals surface area contributed by atoms with Gasteiger partial charge in [0.2, 0.25) is 5.91 Å². The van der Waals surface area contributed by atoms with Gasteiger partial charge in [-0.25, -0.2) is 0 Å². The van der Waals surface area contributed by atoms with Crippen LogP contribution >= 0.6 is 0 Å². The van der Waals surface area contributed by atoms with Crippen LogP contribution in [0.5, 0.6) is 11.5 Å². The second kappa shape index (κ2) is 12.2. The van der Waals surface area contributed by atoms with Crippen LogP contribution in [-0.2, 0) is 24.4 Å². The molecule has 0 unspecified atom stereocenters. The van der Waals surface area contributed by atoms with Crippen LogP contribution in [0.4, 0.5) is 0 Å². The molecule has 0 aliphatic carbocycles. The quantitative estimate of drug-likeness (QED) is 0.326. The summed E-state index contributed by atoms with van der Waals surface area (Å²) in [6, 6.07) is 33.0. The first kappa shape index (κ1) is 24.5. The Kier molecular flexibility index (Phi) is 8.33. The first-order chi connectivity index (χ1) is 17.6. The van der Waals surface area contributed by atoms with Crippen LogP contribution in [0.15, 0.2) is 109 Å². The Hall–Kier alpha value is -4.58. The number of benzene rings is 4. The van der Waals surface area contributed by atoms with Crippen LogP contribution in [0, 0.1) is 0 Å². The van der Waals surface area contributed by atoms with Crippen molar-refractivity contribution in [1.29, 1.82) is 0 Å². The lowest BCUT2D eigenvalue weighted by molar-refractivity contribution is -0.119. The van der Waals surface area contributed by atoms with Crippen molar-refractivity contribution in [1.82, 2.24) is 5.32 Å². The van der Waals surface area contributed by atoms with E-state index in [1.165, 1.54) is 0 Å². The molecule has 0 saturated heterocycles. The number of hydrogen-bond donors (Lipinski definition) is 2. The largest absolute Gasteiger partial charge is 0.485 e. The minimum atomic E-state index is -0.879.